The first-order valence-electron chi connectivity index (χ1n) is 4.43. The van der Waals surface area contributed by atoms with E-state index in [4.69, 9.17) is 0 Å². The molecule has 1 unspecified atom stereocenters. The highest BCUT2D eigenvalue weighted by molar-refractivity contribution is 7.98. The normalized spacial score (nSPS) is 13.2. The first-order chi connectivity index (χ1) is 6.27. The lowest BCUT2D eigenvalue weighted by Crippen LogP contribution is -2.17. The Balaban J connectivity index is 2.56. The summed E-state index contributed by atoms with van der Waals surface area (Å²) in [4.78, 5) is 0. The molecule has 0 aromatic carbocycles. The van der Waals surface area contributed by atoms with E-state index in [-0.39, 0.29) is 0 Å². The highest BCUT2D eigenvalue weighted by Gasteiger charge is 2.10. The topological polar surface area (TPSA) is 29.9 Å². The van der Waals surface area contributed by atoms with Crippen LogP contribution in [0.25, 0.3) is 0 Å². The van der Waals surface area contributed by atoms with Crippen LogP contribution in [-0.2, 0) is 7.05 Å². The van der Waals surface area contributed by atoms with Gasteiger partial charge in [-0.1, -0.05) is 0 Å². The van der Waals surface area contributed by atoms with Crippen molar-refractivity contribution in [1.82, 2.24) is 15.1 Å². The summed E-state index contributed by atoms with van der Waals surface area (Å²) in [5.41, 5.74) is 1.14. The third kappa shape index (κ3) is 3.04. The van der Waals surface area contributed by atoms with Gasteiger partial charge in [-0.25, -0.2) is 0 Å². The molecule has 0 aliphatic rings. The van der Waals surface area contributed by atoms with Gasteiger partial charge >= 0.3 is 0 Å². The zero-order valence-corrected chi connectivity index (χ0v) is 9.27. The lowest BCUT2D eigenvalue weighted by Gasteiger charge is -2.12. The molecule has 0 aliphatic carbocycles. The second-order valence-electron chi connectivity index (χ2n) is 3.04. The van der Waals surface area contributed by atoms with Gasteiger partial charge in [-0.3, -0.25) is 4.68 Å². The number of aromatic nitrogens is 2. The number of aryl methyl sites for hydroxylation is 1. The quantitative estimate of drug-likeness (QED) is 0.778. The summed E-state index contributed by atoms with van der Waals surface area (Å²) < 4.78 is 1.85. The van der Waals surface area contributed by atoms with Gasteiger partial charge in [0.2, 0.25) is 0 Å². The highest BCUT2D eigenvalue weighted by Crippen LogP contribution is 2.15. The monoisotopic (exact) mass is 199 g/mol. The van der Waals surface area contributed by atoms with E-state index in [0.717, 1.165) is 12.1 Å². The van der Waals surface area contributed by atoms with E-state index in [9.17, 15) is 0 Å². The molecule has 0 aliphatic heterocycles. The number of nitrogens with one attached hydrogen (secondary N) is 1. The molecule has 1 aromatic heterocycles. The number of hydrogen-bond acceptors (Lipinski definition) is 3. The van der Waals surface area contributed by atoms with Gasteiger partial charge in [-0.05, 0) is 31.5 Å². The van der Waals surface area contributed by atoms with E-state index in [1.807, 2.05) is 36.7 Å². The number of nitrogens with zero attached hydrogens (tertiary/aromatic N) is 2. The van der Waals surface area contributed by atoms with Crippen LogP contribution in [0.1, 0.15) is 18.2 Å². The molecule has 4 heteroatoms. The maximum absolute atomic E-state index is 4.38. The molecule has 0 bridgehead atoms. The Morgan fingerprint density at radius 1 is 1.69 bits per heavy atom. The Morgan fingerprint density at radius 3 is 2.92 bits per heavy atom. The Hall–Kier alpha value is -0.480. The molecule has 1 rings (SSSR count). The fourth-order valence-corrected chi connectivity index (χ4v) is 1.77. The average Bonchev–Trinajstić information content (AvgIpc) is 2.54. The molecule has 3 nitrogen and oxygen atoms in total. The first kappa shape index (κ1) is 10.6. The lowest BCUT2D eigenvalue weighted by atomic mass is 10.1. The van der Waals surface area contributed by atoms with Crippen molar-refractivity contribution in [2.24, 2.45) is 7.05 Å². The largest absolute Gasteiger partial charge is 0.312 e. The van der Waals surface area contributed by atoms with Crippen molar-refractivity contribution in [3.63, 3.8) is 0 Å². The maximum Gasteiger partial charge on any atom is 0.0794 e. The predicted octanol–water partition coefficient (Wildman–Crippen LogP) is 1.43. The summed E-state index contributed by atoms with van der Waals surface area (Å²) in [5.74, 6) is 1.17. The van der Waals surface area contributed by atoms with Gasteiger partial charge in [-0.15, -0.1) is 0 Å². The molecular formula is C9H17N3S. The van der Waals surface area contributed by atoms with Gasteiger partial charge in [0.25, 0.3) is 0 Å². The second kappa shape index (κ2) is 5.29. The van der Waals surface area contributed by atoms with Gasteiger partial charge in [0.05, 0.1) is 11.7 Å². The van der Waals surface area contributed by atoms with Gasteiger partial charge in [0, 0.05) is 13.2 Å². The first-order valence-corrected chi connectivity index (χ1v) is 5.83. The Labute approximate surface area is 83.9 Å². The third-order valence-corrected chi connectivity index (χ3v) is 2.69. The molecule has 0 radical (unpaired) electrons. The summed E-state index contributed by atoms with van der Waals surface area (Å²) >= 11 is 1.87. The molecule has 1 heterocycles. The van der Waals surface area contributed by atoms with Crippen LogP contribution in [0.3, 0.4) is 0 Å². The van der Waals surface area contributed by atoms with Crippen molar-refractivity contribution in [2.75, 3.05) is 19.1 Å². The minimum absolute atomic E-state index is 0.397. The van der Waals surface area contributed by atoms with E-state index in [1.165, 1.54) is 5.75 Å². The lowest BCUT2D eigenvalue weighted by molar-refractivity contribution is 0.554. The van der Waals surface area contributed by atoms with Gasteiger partial charge in [0.15, 0.2) is 0 Å². The molecule has 74 valence electrons. The van der Waals surface area contributed by atoms with Crippen LogP contribution in [0.5, 0.6) is 0 Å². The fourth-order valence-electron chi connectivity index (χ4n) is 1.29. The van der Waals surface area contributed by atoms with Crippen LogP contribution in [-0.4, -0.2) is 28.8 Å². The zero-order chi connectivity index (χ0) is 9.68. The van der Waals surface area contributed by atoms with Crippen molar-refractivity contribution in [1.29, 1.82) is 0 Å². The standard InChI is InChI=1S/C9H17N3S/c1-10-8(5-7-13-3)9-4-6-12(2)11-9/h4,6,8,10H,5,7H2,1-3H3. The Morgan fingerprint density at radius 2 is 2.46 bits per heavy atom. The fraction of sp³-hybridized carbons (Fsp3) is 0.667. The van der Waals surface area contributed by atoms with E-state index in [0.29, 0.717) is 6.04 Å². The molecule has 1 atom stereocenters. The molecule has 0 saturated heterocycles. The van der Waals surface area contributed by atoms with Crippen LogP contribution in [0.2, 0.25) is 0 Å². The molecule has 13 heavy (non-hydrogen) atoms. The van der Waals surface area contributed by atoms with Crippen LogP contribution in [0.15, 0.2) is 12.3 Å². The highest BCUT2D eigenvalue weighted by atomic mass is 32.2. The molecule has 1 aromatic rings. The minimum atomic E-state index is 0.397. The maximum atomic E-state index is 4.38. The average molecular weight is 199 g/mol. The smallest absolute Gasteiger partial charge is 0.0794 e. The van der Waals surface area contributed by atoms with Crippen LogP contribution in [0, 0.1) is 0 Å². The summed E-state index contributed by atoms with van der Waals surface area (Å²) in [6, 6.07) is 2.47. The summed E-state index contributed by atoms with van der Waals surface area (Å²) in [7, 11) is 3.93. The van der Waals surface area contributed by atoms with Crippen molar-refractivity contribution in [3.05, 3.63) is 18.0 Å². The Bertz CT molecular complexity index is 247. The SMILES string of the molecule is CNC(CCSC)c1ccn(C)n1. The zero-order valence-electron chi connectivity index (χ0n) is 8.45. The second-order valence-corrected chi connectivity index (χ2v) is 4.02. The molecule has 0 spiro atoms. The third-order valence-electron chi connectivity index (χ3n) is 2.05. The van der Waals surface area contributed by atoms with Crippen molar-refractivity contribution < 1.29 is 0 Å². The summed E-state index contributed by atoms with van der Waals surface area (Å²) in [6.07, 6.45) is 5.25. The van der Waals surface area contributed by atoms with Crippen molar-refractivity contribution >= 4 is 11.8 Å². The van der Waals surface area contributed by atoms with E-state index >= 15 is 0 Å². The van der Waals surface area contributed by atoms with Gasteiger partial charge in [0.1, 0.15) is 0 Å². The summed E-state index contributed by atoms with van der Waals surface area (Å²) in [5, 5.41) is 7.66. The molecule has 0 amide bonds. The van der Waals surface area contributed by atoms with Crippen LogP contribution in [0.4, 0.5) is 0 Å². The van der Waals surface area contributed by atoms with E-state index in [2.05, 4.69) is 22.7 Å². The number of thioether (sulfide) groups is 1. The molecule has 0 saturated carbocycles. The predicted molar refractivity (Wildman–Crippen MR) is 58.0 cm³/mol. The Kier molecular flexibility index (Phi) is 4.32. The van der Waals surface area contributed by atoms with Gasteiger partial charge < -0.3 is 5.32 Å². The minimum Gasteiger partial charge on any atom is -0.312 e. The van der Waals surface area contributed by atoms with Crippen LogP contribution < -0.4 is 5.32 Å². The van der Waals surface area contributed by atoms with E-state index in [1.54, 1.807) is 0 Å². The van der Waals surface area contributed by atoms with Crippen molar-refractivity contribution in [3.8, 4) is 0 Å². The summed E-state index contributed by atoms with van der Waals surface area (Å²) in [6.45, 7) is 0. The molecule has 1 N–H and O–H groups in total. The number of hydrogen-bond donors (Lipinski definition) is 1. The molecule has 0 fully saturated rings. The van der Waals surface area contributed by atoms with Gasteiger partial charge in [-0.2, -0.15) is 16.9 Å². The van der Waals surface area contributed by atoms with Crippen molar-refractivity contribution in [2.45, 2.75) is 12.5 Å². The molecular weight excluding hydrogens is 182 g/mol. The number of rotatable bonds is 5. The van der Waals surface area contributed by atoms with Crippen LogP contribution >= 0.6 is 11.8 Å². The van der Waals surface area contributed by atoms with E-state index < -0.39 is 0 Å².